The third-order valence-corrected chi connectivity index (χ3v) is 2.22. The van der Waals surface area contributed by atoms with E-state index in [2.05, 4.69) is 31.1 Å². The highest BCUT2D eigenvalue weighted by Gasteiger charge is 2.02. The van der Waals surface area contributed by atoms with Crippen LogP contribution in [0, 0.1) is 0 Å². The van der Waals surface area contributed by atoms with Gasteiger partial charge >= 0.3 is 0 Å². The van der Waals surface area contributed by atoms with Gasteiger partial charge < -0.3 is 10.2 Å². The van der Waals surface area contributed by atoms with Crippen LogP contribution in [0.15, 0.2) is 0 Å². The van der Waals surface area contributed by atoms with Crippen LogP contribution in [0.1, 0.15) is 33.1 Å². The molecule has 1 N–H and O–H groups in total. The summed E-state index contributed by atoms with van der Waals surface area (Å²) in [5.41, 5.74) is 0. The van der Waals surface area contributed by atoms with E-state index in [0.717, 1.165) is 6.54 Å². The third-order valence-electron chi connectivity index (χ3n) is 2.22. The summed E-state index contributed by atoms with van der Waals surface area (Å²) >= 11 is 0. The second-order valence-electron chi connectivity index (χ2n) is 3.66. The van der Waals surface area contributed by atoms with E-state index in [-0.39, 0.29) is 0 Å². The Hall–Kier alpha value is -0.0800. The largest absolute Gasteiger partial charge is 0.316 e. The van der Waals surface area contributed by atoms with Crippen LogP contribution in [0.5, 0.6) is 0 Å². The van der Waals surface area contributed by atoms with Gasteiger partial charge in [-0.25, -0.2) is 0 Å². The van der Waals surface area contributed by atoms with E-state index >= 15 is 0 Å². The zero-order valence-corrected chi connectivity index (χ0v) is 9.06. The van der Waals surface area contributed by atoms with Gasteiger partial charge in [0.1, 0.15) is 0 Å². The molecule has 0 amide bonds. The molecular weight excluding hydrogens is 148 g/mol. The minimum Gasteiger partial charge on any atom is -0.316 e. The van der Waals surface area contributed by atoms with Crippen molar-refractivity contribution in [1.82, 2.24) is 10.2 Å². The van der Waals surface area contributed by atoms with Crippen molar-refractivity contribution in [3.63, 3.8) is 0 Å². The first-order valence-electron chi connectivity index (χ1n) is 5.06. The zero-order valence-electron chi connectivity index (χ0n) is 9.06. The summed E-state index contributed by atoms with van der Waals surface area (Å²) in [6.07, 6.45) is 4.01. The molecule has 0 aliphatic rings. The zero-order chi connectivity index (χ0) is 9.40. The van der Waals surface area contributed by atoms with Crippen molar-refractivity contribution < 1.29 is 0 Å². The molecule has 0 saturated carbocycles. The fourth-order valence-corrected chi connectivity index (χ4v) is 1.28. The van der Waals surface area contributed by atoms with Gasteiger partial charge in [-0.3, -0.25) is 0 Å². The summed E-state index contributed by atoms with van der Waals surface area (Å²) in [4.78, 5) is 2.40. The fourth-order valence-electron chi connectivity index (χ4n) is 1.28. The molecule has 0 aromatic carbocycles. The monoisotopic (exact) mass is 172 g/mol. The van der Waals surface area contributed by atoms with Crippen molar-refractivity contribution in [1.29, 1.82) is 0 Å². The second-order valence-corrected chi connectivity index (χ2v) is 3.66. The molecule has 0 aliphatic carbocycles. The lowest BCUT2D eigenvalue weighted by Gasteiger charge is -2.20. The van der Waals surface area contributed by atoms with Gasteiger partial charge in [0.05, 0.1) is 0 Å². The van der Waals surface area contributed by atoms with Crippen molar-refractivity contribution in [2.45, 2.75) is 39.2 Å². The number of rotatable bonds is 7. The lowest BCUT2D eigenvalue weighted by Crippen LogP contribution is -2.35. The molecule has 12 heavy (non-hydrogen) atoms. The van der Waals surface area contributed by atoms with Crippen molar-refractivity contribution >= 4 is 0 Å². The second kappa shape index (κ2) is 7.56. The SMILES string of the molecule is CCCCCN(C)CC(C)NC. The number of hydrogen-bond donors (Lipinski definition) is 1. The van der Waals surface area contributed by atoms with Crippen LogP contribution < -0.4 is 5.32 Å². The van der Waals surface area contributed by atoms with Gasteiger partial charge in [0, 0.05) is 12.6 Å². The number of likely N-dealkylation sites (N-methyl/N-ethyl adjacent to an activating group) is 2. The average molecular weight is 172 g/mol. The Balaban J connectivity index is 3.26. The van der Waals surface area contributed by atoms with E-state index in [4.69, 9.17) is 0 Å². The van der Waals surface area contributed by atoms with E-state index < -0.39 is 0 Å². The van der Waals surface area contributed by atoms with Gasteiger partial charge in [0.15, 0.2) is 0 Å². The van der Waals surface area contributed by atoms with Crippen LogP contribution in [-0.2, 0) is 0 Å². The maximum Gasteiger partial charge on any atom is 0.0163 e. The molecule has 0 fully saturated rings. The molecule has 74 valence electrons. The average Bonchev–Trinajstić information content (AvgIpc) is 2.05. The van der Waals surface area contributed by atoms with Gasteiger partial charge in [-0.2, -0.15) is 0 Å². The summed E-state index contributed by atoms with van der Waals surface area (Å²) in [6.45, 7) is 6.85. The molecule has 0 rings (SSSR count). The van der Waals surface area contributed by atoms with Gasteiger partial charge in [0.2, 0.25) is 0 Å². The van der Waals surface area contributed by atoms with E-state index in [1.54, 1.807) is 0 Å². The fraction of sp³-hybridized carbons (Fsp3) is 1.00. The summed E-state index contributed by atoms with van der Waals surface area (Å²) in [7, 11) is 4.22. The van der Waals surface area contributed by atoms with Crippen molar-refractivity contribution in [3.05, 3.63) is 0 Å². The Morgan fingerprint density at radius 1 is 1.33 bits per heavy atom. The Kier molecular flexibility index (Phi) is 7.51. The number of unbranched alkanes of at least 4 members (excludes halogenated alkanes) is 2. The summed E-state index contributed by atoms with van der Waals surface area (Å²) < 4.78 is 0. The molecule has 1 unspecified atom stereocenters. The van der Waals surface area contributed by atoms with Gasteiger partial charge in [-0.15, -0.1) is 0 Å². The molecule has 0 saturated heterocycles. The normalized spacial score (nSPS) is 13.8. The molecule has 1 atom stereocenters. The summed E-state index contributed by atoms with van der Waals surface area (Å²) in [5, 5.41) is 3.24. The van der Waals surface area contributed by atoms with Crippen molar-refractivity contribution in [2.75, 3.05) is 27.2 Å². The molecule has 0 spiro atoms. The molecule has 2 heteroatoms. The molecule has 2 nitrogen and oxygen atoms in total. The molecule has 0 aromatic heterocycles. The van der Waals surface area contributed by atoms with E-state index in [9.17, 15) is 0 Å². The van der Waals surface area contributed by atoms with Crippen LogP contribution >= 0.6 is 0 Å². The summed E-state index contributed by atoms with van der Waals surface area (Å²) in [6, 6.07) is 0.608. The first-order chi connectivity index (χ1) is 5.70. The van der Waals surface area contributed by atoms with Crippen molar-refractivity contribution in [2.24, 2.45) is 0 Å². The Morgan fingerprint density at radius 3 is 2.50 bits per heavy atom. The first-order valence-corrected chi connectivity index (χ1v) is 5.06. The topological polar surface area (TPSA) is 15.3 Å². The quantitative estimate of drug-likeness (QED) is 0.588. The van der Waals surface area contributed by atoms with Gasteiger partial charge in [-0.1, -0.05) is 19.8 Å². The maximum atomic E-state index is 3.24. The lowest BCUT2D eigenvalue weighted by atomic mass is 10.2. The van der Waals surface area contributed by atoms with Crippen LogP contribution in [0.3, 0.4) is 0 Å². The first kappa shape index (κ1) is 11.9. The third kappa shape index (κ3) is 6.62. The molecule has 0 aliphatic heterocycles. The maximum absolute atomic E-state index is 3.24. The van der Waals surface area contributed by atoms with Gasteiger partial charge in [-0.05, 0) is 34.0 Å². The number of hydrogen-bond acceptors (Lipinski definition) is 2. The van der Waals surface area contributed by atoms with Crippen LogP contribution in [0.2, 0.25) is 0 Å². The van der Waals surface area contributed by atoms with E-state index in [1.807, 2.05) is 7.05 Å². The lowest BCUT2D eigenvalue weighted by molar-refractivity contribution is 0.296. The molecule has 0 heterocycles. The molecule has 0 radical (unpaired) electrons. The standard InChI is InChI=1S/C10H24N2/c1-5-6-7-8-12(4)9-10(2)11-3/h10-11H,5-9H2,1-4H3. The summed E-state index contributed by atoms with van der Waals surface area (Å²) in [5.74, 6) is 0. The number of nitrogens with one attached hydrogen (secondary N) is 1. The van der Waals surface area contributed by atoms with Crippen LogP contribution in [-0.4, -0.2) is 38.1 Å². The molecular formula is C10H24N2. The minimum absolute atomic E-state index is 0.608. The van der Waals surface area contributed by atoms with E-state index in [0.29, 0.717) is 6.04 Å². The van der Waals surface area contributed by atoms with Gasteiger partial charge in [0.25, 0.3) is 0 Å². The highest BCUT2D eigenvalue weighted by atomic mass is 15.1. The predicted octanol–water partition coefficient (Wildman–Crippen LogP) is 1.72. The highest BCUT2D eigenvalue weighted by Crippen LogP contribution is 1.96. The van der Waals surface area contributed by atoms with Crippen molar-refractivity contribution in [3.8, 4) is 0 Å². The smallest absolute Gasteiger partial charge is 0.0163 e. The van der Waals surface area contributed by atoms with E-state index in [1.165, 1.54) is 25.8 Å². The predicted molar refractivity (Wildman–Crippen MR) is 55.5 cm³/mol. The highest BCUT2D eigenvalue weighted by molar-refractivity contribution is 4.62. The minimum atomic E-state index is 0.608. The van der Waals surface area contributed by atoms with Crippen LogP contribution in [0.25, 0.3) is 0 Å². The van der Waals surface area contributed by atoms with Crippen LogP contribution in [0.4, 0.5) is 0 Å². The number of nitrogens with zero attached hydrogens (tertiary/aromatic N) is 1. The molecule has 0 bridgehead atoms. The Labute approximate surface area is 77.3 Å². The Morgan fingerprint density at radius 2 is 2.00 bits per heavy atom. The Bertz CT molecular complexity index is 93.8. The molecule has 0 aromatic rings.